The maximum Gasteiger partial charge on any atom is 0.241 e. The summed E-state index contributed by atoms with van der Waals surface area (Å²) in [5, 5.41) is 5.56. The van der Waals surface area contributed by atoms with Crippen molar-refractivity contribution in [3.63, 3.8) is 0 Å². The summed E-state index contributed by atoms with van der Waals surface area (Å²) in [5.74, 6) is -1.17. The van der Waals surface area contributed by atoms with Crippen LogP contribution in [0.4, 0.5) is 5.82 Å². The summed E-state index contributed by atoms with van der Waals surface area (Å²) < 4.78 is 7.33. The van der Waals surface area contributed by atoms with Crippen molar-refractivity contribution in [1.29, 1.82) is 0 Å². The second-order valence-electron chi connectivity index (χ2n) is 7.10. The molecule has 0 spiro atoms. The molecule has 2 aromatic rings. The molecule has 1 aromatic carbocycles. The number of benzene rings is 1. The molecule has 9 heteroatoms. The molecular weight excluding hydrogens is 413 g/mol. The van der Waals surface area contributed by atoms with Crippen molar-refractivity contribution in [2.45, 2.75) is 31.6 Å². The molecule has 0 N–H and O–H groups in total. The van der Waals surface area contributed by atoms with Crippen LogP contribution >= 0.6 is 34.8 Å². The van der Waals surface area contributed by atoms with Crippen molar-refractivity contribution < 1.29 is 14.3 Å². The van der Waals surface area contributed by atoms with Gasteiger partial charge in [0.15, 0.2) is 5.82 Å². The van der Waals surface area contributed by atoms with Crippen molar-refractivity contribution >= 4 is 52.4 Å². The van der Waals surface area contributed by atoms with E-state index in [0.717, 1.165) is 23.3 Å². The number of aromatic nitrogens is 2. The molecule has 27 heavy (non-hydrogen) atoms. The maximum absolute atomic E-state index is 12.9. The Morgan fingerprint density at radius 3 is 2.30 bits per heavy atom. The van der Waals surface area contributed by atoms with Crippen molar-refractivity contribution in [2.75, 3.05) is 4.90 Å². The van der Waals surface area contributed by atoms with Crippen LogP contribution in [0.15, 0.2) is 24.4 Å². The lowest BCUT2D eigenvalue weighted by Crippen LogP contribution is -2.34. The lowest BCUT2D eigenvalue weighted by molar-refractivity contribution is -0.124. The van der Waals surface area contributed by atoms with Crippen LogP contribution < -0.4 is 4.90 Å². The number of amides is 2. The first-order chi connectivity index (χ1) is 12.9. The quantitative estimate of drug-likeness (QED) is 0.704. The molecule has 0 unspecified atom stereocenters. The molecule has 3 saturated heterocycles. The fourth-order valence-corrected chi connectivity index (χ4v) is 4.92. The van der Waals surface area contributed by atoms with Gasteiger partial charge in [-0.15, -0.1) is 0 Å². The normalized spacial score (nSPS) is 29.1. The molecule has 0 aliphatic carbocycles. The first-order valence-corrected chi connectivity index (χ1v) is 9.77. The van der Waals surface area contributed by atoms with Gasteiger partial charge in [0.2, 0.25) is 11.8 Å². The third-order valence-corrected chi connectivity index (χ3v) is 6.53. The lowest BCUT2D eigenvalue weighted by Gasteiger charge is -2.15. The van der Waals surface area contributed by atoms with Crippen molar-refractivity contribution in [3.05, 3.63) is 45.0 Å². The van der Waals surface area contributed by atoms with E-state index in [2.05, 4.69) is 5.10 Å². The third-order valence-electron chi connectivity index (χ3n) is 5.52. The van der Waals surface area contributed by atoms with Crippen LogP contribution in [0.2, 0.25) is 15.1 Å². The zero-order valence-corrected chi connectivity index (χ0v) is 16.2. The van der Waals surface area contributed by atoms with E-state index in [1.807, 2.05) is 6.07 Å². The predicted molar refractivity (Wildman–Crippen MR) is 100 cm³/mol. The largest absolute Gasteiger partial charge is 0.373 e. The first-order valence-electron chi connectivity index (χ1n) is 8.64. The first kappa shape index (κ1) is 17.5. The number of nitrogens with zero attached hydrogens (tertiary/aromatic N) is 3. The molecule has 2 bridgehead atoms. The average molecular weight is 427 g/mol. The number of halogens is 3. The Morgan fingerprint density at radius 2 is 1.67 bits per heavy atom. The van der Waals surface area contributed by atoms with Gasteiger partial charge in [-0.1, -0.05) is 40.9 Å². The summed E-state index contributed by atoms with van der Waals surface area (Å²) in [7, 11) is 0. The molecule has 6 nitrogen and oxygen atoms in total. The van der Waals surface area contributed by atoms with Gasteiger partial charge in [-0.05, 0) is 30.5 Å². The van der Waals surface area contributed by atoms with E-state index in [4.69, 9.17) is 39.5 Å². The monoisotopic (exact) mass is 425 g/mol. The Kier molecular flexibility index (Phi) is 4.02. The highest BCUT2D eigenvalue weighted by Gasteiger charge is 2.63. The van der Waals surface area contributed by atoms with Gasteiger partial charge in [-0.3, -0.25) is 14.3 Å². The number of anilines is 1. The van der Waals surface area contributed by atoms with Crippen molar-refractivity contribution in [1.82, 2.24) is 9.78 Å². The van der Waals surface area contributed by atoms with Gasteiger partial charge in [0.25, 0.3) is 0 Å². The van der Waals surface area contributed by atoms with Crippen molar-refractivity contribution in [2.24, 2.45) is 11.8 Å². The summed E-state index contributed by atoms with van der Waals surface area (Å²) in [6.45, 7) is 0.383. The van der Waals surface area contributed by atoms with E-state index < -0.39 is 11.8 Å². The molecule has 1 aromatic heterocycles. The number of rotatable bonds is 3. The van der Waals surface area contributed by atoms with E-state index in [9.17, 15) is 9.59 Å². The number of hydrogen-bond donors (Lipinski definition) is 0. The molecule has 0 radical (unpaired) electrons. The molecule has 3 fully saturated rings. The SMILES string of the molecule is O=C1[C@H]2[C@H](C(=O)N1c1nn(Cc3ccc(Cl)c(Cl)c3)cc1Cl)[C@H]1CC[C@H]2O1. The number of carbonyl (C=O) groups is 2. The fraction of sp³-hybridized carbons (Fsp3) is 0.389. The predicted octanol–water partition coefficient (Wildman–Crippen LogP) is 3.56. The second-order valence-corrected chi connectivity index (χ2v) is 8.32. The summed E-state index contributed by atoms with van der Waals surface area (Å²) in [4.78, 5) is 26.9. The minimum Gasteiger partial charge on any atom is -0.373 e. The number of carbonyl (C=O) groups excluding carboxylic acids is 2. The van der Waals surface area contributed by atoms with Gasteiger partial charge in [-0.25, -0.2) is 4.90 Å². The van der Waals surface area contributed by atoms with Crippen LogP contribution in [0.25, 0.3) is 0 Å². The molecular formula is C18H14Cl3N3O3. The molecule has 0 saturated carbocycles. The standard InChI is InChI=1S/C18H14Cl3N3O3/c19-9-2-1-8(5-10(9)20)6-23-7-11(21)16(22-23)24-17(25)14-12-3-4-13(27-12)15(14)18(24)26/h1-2,5,7,12-15H,3-4,6H2/t12-,13-,14-,15-/m1/s1. The highest BCUT2D eigenvalue weighted by Crippen LogP contribution is 2.49. The van der Waals surface area contributed by atoms with Gasteiger partial charge >= 0.3 is 0 Å². The Morgan fingerprint density at radius 1 is 1.00 bits per heavy atom. The highest BCUT2D eigenvalue weighted by atomic mass is 35.5. The van der Waals surface area contributed by atoms with Crippen LogP contribution in [0, 0.1) is 11.8 Å². The zero-order chi connectivity index (χ0) is 18.9. The number of hydrogen-bond acceptors (Lipinski definition) is 4. The Labute approximate surface area is 169 Å². The zero-order valence-electron chi connectivity index (χ0n) is 13.9. The topological polar surface area (TPSA) is 64.4 Å². The van der Waals surface area contributed by atoms with Gasteiger partial charge < -0.3 is 4.74 Å². The smallest absolute Gasteiger partial charge is 0.241 e. The number of imide groups is 1. The van der Waals surface area contributed by atoms with Gasteiger partial charge in [-0.2, -0.15) is 5.10 Å². The van der Waals surface area contributed by atoms with E-state index in [0.29, 0.717) is 16.6 Å². The maximum atomic E-state index is 12.9. The van der Waals surface area contributed by atoms with Crippen LogP contribution in [0.1, 0.15) is 18.4 Å². The summed E-state index contributed by atoms with van der Waals surface area (Å²) >= 11 is 18.3. The summed E-state index contributed by atoms with van der Waals surface area (Å²) in [6, 6.07) is 5.27. The molecule has 5 rings (SSSR count). The molecule has 3 aliphatic rings. The second kappa shape index (κ2) is 6.21. The Balaban J connectivity index is 1.44. The van der Waals surface area contributed by atoms with Crippen LogP contribution in [-0.4, -0.2) is 33.8 Å². The van der Waals surface area contributed by atoms with E-state index in [1.165, 1.54) is 0 Å². The Hall–Kier alpha value is -1.60. The van der Waals surface area contributed by atoms with Crippen LogP contribution in [-0.2, 0) is 20.9 Å². The van der Waals surface area contributed by atoms with Gasteiger partial charge in [0, 0.05) is 6.20 Å². The van der Waals surface area contributed by atoms with E-state index in [-0.39, 0.29) is 34.9 Å². The summed E-state index contributed by atoms with van der Waals surface area (Å²) in [6.07, 6.45) is 2.90. The van der Waals surface area contributed by atoms with Gasteiger partial charge in [0.05, 0.1) is 40.6 Å². The van der Waals surface area contributed by atoms with Crippen molar-refractivity contribution in [3.8, 4) is 0 Å². The molecule has 2 amide bonds. The summed E-state index contributed by atoms with van der Waals surface area (Å²) in [5.41, 5.74) is 0.873. The van der Waals surface area contributed by atoms with E-state index >= 15 is 0 Å². The van der Waals surface area contributed by atoms with Crippen LogP contribution in [0.3, 0.4) is 0 Å². The minimum absolute atomic E-state index is 0.168. The average Bonchev–Trinajstić information content (AvgIpc) is 3.36. The molecule has 4 atom stereocenters. The van der Waals surface area contributed by atoms with Gasteiger partial charge in [0.1, 0.15) is 5.02 Å². The molecule has 4 heterocycles. The van der Waals surface area contributed by atoms with Crippen LogP contribution in [0.5, 0.6) is 0 Å². The fourth-order valence-electron chi connectivity index (χ4n) is 4.37. The number of ether oxygens (including phenoxy) is 1. The minimum atomic E-state index is -0.410. The highest BCUT2D eigenvalue weighted by molar-refractivity contribution is 6.42. The third kappa shape index (κ3) is 2.62. The Bertz CT molecular complexity index is 948. The number of fused-ring (bicyclic) bond motifs is 5. The molecule has 140 valence electrons. The molecule has 3 aliphatic heterocycles. The van der Waals surface area contributed by atoms with E-state index in [1.54, 1.807) is 23.0 Å². The lowest BCUT2D eigenvalue weighted by atomic mass is 9.81.